The number of nitrogens with zero attached hydrogens (tertiary/aromatic N) is 2. The predicted octanol–water partition coefficient (Wildman–Crippen LogP) is 1.90. The van der Waals surface area contributed by atoms with Crippen LogP contribution in [0.1, 0.15) is 10.4 Å². The van der Waals surface area contributed by atoms with E-state index in [0.29, 0.717) is 30.9 Å². The summed E-state index contributed by atoms with van der Waals surface area (Å²) in [6.45, 7) is 4.11. The smallest absolute Gasteiger partial charge is 0.337 e. The topological polar surface area (TPSA) is 70.0 Å². The Hall–Kier alpha value is -2.48. The molecule has 0 amide bonds. The fraction of sp³-hybridized carbons (Fsp3) is 0.429. The molecule has 0 N–H and O–H groups in total. The van der Waals surface area contributed by atoms with Gasteiger partial charge in [-0.1, -0.05) is 12.1 Å². The van der Waals surface area contributed by atoms with Crippen LogP contribution in [0.15, 0.2) is 47.4 Å². The third kappa shape index (κ3) is 6.02. The number of carbonyl (C=O) groups excluding carboxylic acids is 1. The number of benzene rings is 1. The van der Waals surface area contributed by atoms with Crippen LogP contribution in [0.5, 0.6) is 0 Å². The molecule has 0 spiro atoms. The summed E-state index contributed by atoms with van der Waals surface area (Å²) in [5.41, 5.74) is 1.75. The molecule has 1 aromatic carbocycles. The molecule has 0 fully saturated rings. The van der Waals surface area contributed by atoms with E-state index in [1.807, 2.05) is 6.07 Å². The highest BCUT2D eigenvalue weighted by Crippen LogP contribution is 2.16. The molecule has 7 heteroatoms. The van der Waals surface area contributed by atoms with Crippen molar-refractivity contribution in [3.63, 3.8) is 0 Å². The van der Waals surface area contributed by atoms with Gasteiger partial charge in [0, 0.05) is 52.2 Å². The summed E-state index contributed by atoms with van der Waals surface area (Å²) in [7, 11) is 4.69. The number of methoxy groups -OCH3 is 3. The van der Waals surface area contributed by atoms with Crippen LogP contribution in [0, 0.1) is 0 Å². The van der Waals surface area contributed by atoms with Crippen LogP contribution >= 0.6 is 0 Å². The molecule has 0 bridgehead atoms. The third-order valence-corrected chi connectivity index (χ3v) is 4.52. The molecular formula is C21H28N2O5. The fourth-order valence-electron chi connectivity index (χ4n) is 2.86. The van der Waals surface area contributed by atoms with Gasteiger partial charge in [-0.15, -0.1) is 0 Å². The van der Waals surface area contributed by atoms with Crippen LogP contribution in [0.4, 0.5) is 0 Å². The molecule has 0 aliphatic carbocycles. The number of aromatic nitrogens is 1. The number of ether oxygens (including phenoxy) is 3. The maximum absolute atomic E-state index is 12.9. The molecule has 1 heterocycles. The molecule has 0 aliphatic heterocycles. The van der Waals surface area contributed by atoms with Crippen LogP contribution < -0.4 is 5.56 Å². The summed E-state index contributed by atoms with van der Waals surface area (Å²) in [5, 5.41) is 0. The van der Waals surface area contributed by atoms with Crippen molar-refractivity contribution in [3.8, 4) is 11.1 Å². The van der Waals surface area contributed by atoms with Gasteiger partial charge < -0.3 is 18.8 Å². The van der Waals surface area contributed by atoms with E-state index in [0.717, 1.165) is 25.2 Å². The van der Waals surface area contributed by atoms with Gasteiger partial charge in [0.1, 0.15) is 0 Å². The van der Waals surface area contributed by atoms with Crippen molar-refractivity contribution in [3.05, 3.63) is 58.5 Å². The molecule has 0 saturated carbocycles. The second kappa shape index (κ2) is 11.4. The van der Waals surface area contributed by atoms with Gasteiger partial charge in [-0.25, -0.2) is 4.79 Å². The first-order valence-corrected chi connectivity index (χ1v) is 9.19. The molecule has 0 saturated heterocycles. The first-order chi connectivity index (χ1) is 13.6. The predicted molar refractivity (Wildman–Crippen MR) is 108 cm³/mol. The lowest BCUT2D eigenvalue weighted by molar-refractivity contribution is 0.0600. The van der Waals surface area contributed by atoms with Crippen molar-refractivity contribution in [2.24, 2.45) is 0 Å². The number of esters is 1. The van der Waals surface area contributed by atoms with Crippen LogP contribution in [-0.4, -0.2) is 69.6 Å². The zero-order valence-electron chi connectivity index (χ0n) is 16.7. The Kier molecular flexibility index (Phi) is 8.87. The van der Waals surface area contributed by atoms with Crippen molar-refractivity contribution in [1.82, 2.24) is 9.47 Å². The zero-order valence-corrected chi connectivity index (χ0v) is 16.7. The van der Waals surface area contributed by atoms with E-state index in [-0.39, 0.29) is 5.56 Å². The second-order valence-electron chi connectivity index (χ2n) is 6.32. The first-order valence-electron chi connectivity index (χ1n) is 9.19. The third-order valence-electron chi connectivity index (χ3n) is 4.52. The van der Waals surface area contributed by atoms with Gasteiger partial charge in [-0.2, -0.15) is 0 Å². The summed E-state index contributed by atoms with van der Waals surface area (Å²) in [4.78, 5) is 26.7. The van der Waals surface area contributed by atoms with Gasteiger partial charge in [0.05, 0.1) is 25.9 Å². The highest BCUT2D eigenvalue weighted by Gasteiger charge is 2.10. The lowest BCUT2D eigenvalue weighted by atomic mass is 10.1. The Morgan fingerprint density at radius 3 is 2.18 bits per heavy atom. The van der Waals surface area contributed by atoms with Gasteiger partial charge in [0.15, 0.2) is 0 Å². The van der Waals surface area contributed by atoms with Crippen molar-refractivity contribution in [2.75, 3.05) is 54.2 Å². The average Bonchev–Trinajstić information content (AvgIpc) is 2.73. The normalized spacial score (nSPS) is 11.0. The number of rotatable bonds is 11. The quantitative estimate of drug-likeness (QED) is 0.548. The zero-order chi connectivity index (χ0) is 20.4. The minimum absolute atomic E-state index is 0.0632. The lowest BCUT2D eigenvalue weighted by Crippen LogP contribution is -2.35. The van der Waals surface area contributed by atoms with Crippen LogP contribution in [0.2, 0.25) is 0 Å². The maximum atomic E-state index is 12.9. The SMILES string of the molecule is COCCN(CCOC)CCn1cccc(-c2ccc(C(=O)OC)cc2)c1=O. The summed E-state index contributed by atoms with van der Waals surface area (Å²) in [6, 6.07) is 10.5. The minimum atomic E-state index is -0.399. The Bertz CT molecular complexity index is 793. The number of hydrogen-bond donors (Lipinski definition) is 0. The Balaban J connectivity index is 2.13. The average molecular weight is 388 g/mol. The van der Waals surface area contributed by atoms with Gasteiger partial charge in [-0.05, 0) is 29.8 Å². The molecule has 7 nitrogen and oxygen atoms in total. The van der Waals surface area contributed by atoms with Crippen LogP contribution in [0.3, 0.4) is 0 Å². The monoisotopic (exact) mass is 388 g/mol. The largest absolute Gasteiger partial charge is 0.465 e. The van der Waals surface area contributed by atoms with Crippen LogP contribution in [0.25, 0.3) is 11.1 Å². The van der Waals surface area contributed by atoms with Crippen molar-refractivity contribution in [1.29, 1.82) is 0 Å². The molecule has 2 rings (SSSR count). The highest BCUT2D eigenvalue weighted by atomic mass is 16.5. The Labute approximate surface area is 165 Å². The van der Waals surface area contributed by atoms with Crippen molar-refractivity contribution < 1.29 is 19.0 Å². The van der Waals surface area contributed by atoms with E-state index in [9.17, 15) is 9.59 Å². The van der Waals surface area contributed by atoms with E-state index in [1.165, 1.54) is 7.11 Å². The van der Waals surface area contributed by atoms with Gasteiger partial charge >= 0.3 is 5.97 Å². The second-order valence-corrected chi connectivity index (χ2v) is 6.32. The van der Waals surface area contributed by atoms with E-state index >= 15 is 0 Å². The first kappa shape index (κ1) is 21.8. The summed E-state index contributed by atoms with van der Waals surface area (Å²) >= 11 is 0. The standard InChI is InChI=1S/C21H28N2O5/c1-26-15-13-22(14-16-27-2)11-12-23-10-4-5-19(20(23)24)17-6-8-18(9-7-17)21(25)28-3/h4-10H,11-16H2,1-3H3. The molecule has 28 heavy (non-hydrogen) atoms. The summed E-state index contributed by atoms with van der Waals surface area (Å²) in [6.07, 6.45) is 1.79. The minimum Gasteiger partial charge on any atom is -0.465 e. The van der Waals surface area contributed by atoms with E-state index in [2.05, 4.69) is 4.90 Å². The van der Waals surface area contributed by atoms with Gasteiger partial charge in [0.25, 0.3) is 5.56 Å². The molecule has 2 aromatic rings. The fourth-order valence-corrected chi connectivity index (χ4v) is 2.86. The summed E-state index contributed by atoms with van der Waals surface area (Å²) in [5.74, 6) is -0.399. The molecular weight excluding hydrogens is 360 g/mol. The number of pyridine rings is 1. The summed E-state index contributed by atoms with van der Waals surface area (Å²) < 4.78 is 16.7. The molecule has 1 aromatic heterocycles. The highest BCUT2D eigenvalue weighted by molar-refractivity contribution is 5.89. The van der Waals surface area contributed by atoms with Crippen LogP contribution in [-0.2, 0) is 20.8 Å². The van der Waals surface area contributed by atoms with E-state index < -0.39 is 5.97 Å². The van der Waals surface area contributed by atoms with Gasteiger partial charge in [-0.3, -0.25) is 9.69 Å². The van der Waals surface area contributed by atoms with Gasteiger partial charge in [0.2, 0.25) is 0 Å². The number of hydrogen-bond acceptors (Lipinski definition) is 6. The van der Waals surface area contributed by atoms with E-state index in [4.69, 9.17) is 14.2 Å². The van der Waals surface area contributed by atoms with Crippen molar-refractivity contribution in [2.45, 2.75) is 6.54 Å². The lowest BCUT2D eigenvalue weighted by Gasteiger charge is -2.22. The molecule has 0 atom stereocenters. The maximum Gasteiger partial charge on any atom is 0.337 e. The Morgan fingerprint density at radius 1 is 0.964 bits per heavy atom. The Morgan fingerprint density at radius 2 is 1.61 bits per heavy atom. The van der Waals surface area contributed by atoms with E-state index in [1.54, 1.807) is 55.3 Å². The molecule has 152 valence electrons. The van der Waals surface area contributed by atoms with Crippen molar-refractivity contribution >= 4 is 5.97 Å². The molecule has 0 radical (unpaired) electrons. The number of carbonyl (C=O) groups is 1. The molecule has 0 unspecified atom stereocenters. The molecule has 0 aliphatic rings.